The van der Waals surface area contributed by atoms with Gasteiger partial charge in [0.05, 0.1) is 22.1 Å². The molecule has 0 fully saturated rings. The van der Waals surface area contributed by atoms with Crippen LogP contribution >= 0.6 is 0 Å². The Bertz CT molecular complexity index is 3530. The van der Waals surface area contributed by atoms with Gasteiger partial charge in [-0.1, -0.05) is 176 Å². The van der Waals surface area contributed by atoms with E-state index in [2.05, 4.69) is 209 Å². The Kier molecular flexibility index (Phi) is 7.78. The van der Waals surface area contributed by atoms with Gasteiger partial charge in [-0.15, -0.1) is 0 Å². The van der Waals surface area contributed by atoms with Crippen LogP contribution in [0.4, 0.5) is 0 Å². The molecule has 0 radical (unpaired) electrons. The Morgan fingerprint density at radius 1 is 0.283 bits per heavy atom. The molecule has 3 aromatic heterocycles. The first-order valence-electron chi connectivity index (χ1n) is 20.3. The predicted molar refractivity (Wildman–Crippen MR) is 248 cm³/mol. The maximum atomic E-state index is 5.43. The van der Waals surface area contributed by atoms with Crippen molar-refractivity contribution in [3.8, 4) is 56.7 Å². The van der Waals surface area contributed by atoms with Crippen LogP contribution in [0, 0.1) is 0 Å². The molecule has 12 rings (SSSR count). The highest BCUT2D eigenvalue weighted by atomic mass is 15.2. The van der Waals surface area contributed by atoms with Crippen molar-refractivity contribution < 1.29 is 0 Å². The second-order valence-electron chi connectivity index (χ2n) is 15.3. The van der Waals surface area contributed by atoms with Gasteiger partial charge in [0.15, 0.2) is 11.6 Å². The molecule has 0 saturated carbocycles. The molecule has 5 nitrogen and oxygen atoms in total. The molecule has 280 valence electrons. The van der Waals surface area contributed by atoms with Gasteiger partial charge >= 0.3 is 0 Å². The molecule has 0 aliphatic rings. The quantitative estimate of drug-likeness (QED) is 0.169. The average molecular weight is 766 g/mol. The van der Waals surface area contributed by atoms with E-state index in [1.165, 1.54) is 16.2 Å². The summed E-state index contributed by atoms with van der Waals surface area (Å²) in [5.74, 6) is 1.77. The lowest BCUT2D eigenvalue weighted by Crippen LogP contribution is -2.07. The van der Waals surface area contributed by atoms with Crippen molar-refractivity contribution >= 4 is 54.4 Å². The highest BCUT2D eigenvalue weighted by molar-refractivity contribution is 6.14. The first kappa shape index (κ1) is 33.9. The fourth-order valence-corrected chi connectivity index (χ4v) is 8.95. The Morgan fingerprint density at radius 2 is 0.800 bits per heavy atom. The molecular formula is C55H35N5. The SMILES string of the molecule is c1ccc(-c2ccc(-c3nc(-c4ccccc4-c4ccccc4)nc(-n4c5cc(-n6c7ccccc7c7ccccc76)ccc5c5cc6ccccc6cc54)n3)cc2)cc1. The first-order chi connectivity index (χ1) is 29.7. The second kappa shape index (κ2) is 13.8. The van der Waals surface area contributed by atoms with Crippen LogP contribution in [-0.4, -0.2) is 24.1 Å². The molecule has 0 bridgehead atoms. The van der Waals surface area contributed by atoms with Crippen LogP contribution < -0.4 is 0 Å². The molecule has 60 heavy (non-hydrogen) atoms. The minimum absolute atomic E-state index is 0.555. The normalized spacial score (nSPS) is 11.7. The van der Waals surface area contributed by atoms with E-state index in [4.69, 9.17) is 15.0 Å². The molecule has 0 aliphatic heterocycles. The van der Waals surface area contributed by atoms with Crippen LogP contribution in [0.25, 0.3) is 111 Å². The van der Waals surface area contributed by atoms with E-state index in [-0.39, 0.29) is 0 Å². The zero-order valence-corrected chi connectivity index (χ0v) is 32.4. The highest BCUT2D eigenvalue weighted by Crippen LogP contribution is 2.39. The van der Waals surface area contributed by atoms with E-state index in [0.717, 1.165) is 77.3 Å². The molecule has 3 heterocycles. The number of hydrogen-bond acceptors (Lipinski definition) is 3. The van der Waals surface area contributed by atoms with Crippen molar-refractivity contribution in [1.29, 1.82) is 0 Å². The number of aromatic nitrogens is 5. The lowest BCUT2D eigenvalue weighted by molar-refractivity contribution is 0.953. The van der Waals surface area contributed by atoms with Gasteiger partial charge in [0.2, 0.25) is 5.95 Å². The van der Waals surface area contributed by atoms with Crippen molar-refractivity contribution in [3.63, 3.8) is 0 Å². The third-order valence-electron chi connectivity index (χ3n) is 11.8. The van der Waals surface area contributed by atoms with Crippen LogP contribution in [0.5, 0.6) is 0 Å². The summed E-state index contributed by atoms with van der Waals surface area (Å²) in [5.41, 5.74) is 11.7. The zero-order valence-electron chi connectivity index (χ0n) is 32.4. The lowest BCUT2D eigenvalue weighted by atomic mass is 9.99. The van der Waals surface area contributed by atoms with Gasteiger partial charge in [0.1, 0.15) is 0 Å². The summed E-state index contributed by atoms with van der Waals surface area (Å²) in [6.45, 7) is 0. The number of fused-ring (bicyclic) bond motifs is 7. The summed E-state index contributed by atoms with van der Waals surface area (Å²) in [7, 11) is 0. The first-order valence-corrected chi connectivity index (χ1v) is 20.3. The number of nitrogens with zero attached hydrogens (tertiary/aromatic N) is 5. The monoisotopic (exact) mass is 765 g/mol. The lowest BCUT2D eigenvalue weighted by Gasteiger charge is -2.14. The Hall–Kier alpha value is -8.15. The number of rotatable bonds is 6. The Balaban J connectivity index is 1.15. The summed E-state index contributed by atoms with van der Waals surface area (Å²) >= 11 is 0. The number of benzene rings is 9. The molecule has 0 atom stereocenters. The van der Waals surface area contributed by atoms with Gasteiger partial charge in [-0.25, -0.2) is 4.98 Å². The molecule has 0 unspecified atom stereocenters. The molecule has 0 aliphatic carbocycles. The minimum Gasteiger partial charge on any atom is -0.309 e. The van der Waals surface area contributed by atoms with Crippen LogP contribution in [0.15, 0.2) is 212 Å². The largest absolute Gasteiger partial charge is 0.309 e. The summed E-state index contributed by atoms with van der Waals surface area (Å²) in [5, 5.41) is 7.04. The van der Waals surface area contributed by atoms with Crippen LogP contribution in [0.1, 0.15) is 0 Å². The minimum atomic E-state index is 0.555. The van der Waals surface area contributed by atoms with Gasteiger partial charge in [-0.3, -0.25) is 4.57 Å². The molecule has 5 heteroatoms. The van der Waals surface area contributed by atoms with Crippen LogP contribution in [0.2, 0.25) is 0 Å². The highest BCUT2D eigenvalue weighted by Gasteiger charge is 2.21. The van der Waals surface area contributed by atoms with Gasteiger partial charge in [-0.2, -0.15) is 9.97 Å². The molecular weight excluding hydrogens is 731 g/mol. The van der Waals surface area contributed by atoms with E-state index in [1.807, 2.05) is 12.1 Å². The van der Waals surface area contributed by atoms with Crippen molar-refractivity contribution in [2.45, 2.75) is 0 Å². The fraction of sp³-hybridized carbons (Fsp3) is 0. The van der Waals surface area contributed by atoms with E-state index >= 15 is 0 Å². The Labute approximate surface area is 346 Å². The Morgan fingerprint density at radius 3 is 1.52 bits per heavy atom. The third-order valence-corrected chi connectivity index (χ3v) is 11.8. The fourth-order valence-electron chi connectivity index (χ4n) is 8.95. The van der Waals surface area contributed by atoms with E-state index in [0.29, 0.717) is 17.6 Å². The summed E-state index contributed by atoms with van der Waals surface area (Å²) < 4.78 is 4.61. The summed E-state index contributed by atoms with van der Waals surface area (Å²) in [6, 6.07) is 75.1. The number of para-hydroxylation sites is 2. The third kappa shape index (κ3) is 5.52. The maximum absolute atomic E-state index is 5.43. The van der Waals surface area contributed by atoms with Gasteiger partial charge in [0.25, 0.3) is 0 Å². The van der Waals surface area contributed by atoms with Crippen molar-refractivity contribution in [3.05, 3.63) is 212 Å². The maximum Gasteiger partial charge on any atom is 0.238 e. The standard InChI is InChI=1S/C55H35N5/c1-3-15-36(16-4-1)37-27-29-39(30-28-37)53-56-54(47-24-10-9-21-43(47)38-17-5-2-6-18-38)58-55(57-53)60-51-34-41-20-8-7-19-40(41)33-48(51)46-32-31-42(35-52(46)60)59-49-25-13-11-22-44(49)45-23-12-14-26-50(45)59/h1-35H. The molecule has 12 aromatic rings. The molecule has 0 saturated heterocycles. The summed E-state index contributed by atoms with van der Waals surface area (Å²) in [4.78, 5) is 16.1. The van der Waals surface area contributed by atoms with Gasteiger partial charge < -0.3 is 4.57 Å². The molecule has 0 N–H and O–H groups in total. The van der Waals surface area contributed by atoms with E-state index < -0.39 is 0 Å². The van der Waals surface area contributed by atoms with Crippen molar-refractivity contribution in [2.24, 2.45) is 0 Å². The molecule has 0 spiro atoms. The zero-order chi connectivity index (χ0) is 39.6. The smallest absolute Gasteiger partial charge is 0.238 e. The average Bonchev–Trinajstić information content (AvgIpc) is 3.83. The van der Waals surface area contributed by atoms with Crippen molar-refractivity contribution in [2.75, 3.05) is 0 Å². The van der Waals surface area contributed by atoms with E-state index in [9.17, 15) is 0 Å². The van der Waals surface area contributed by atoms with Crippen LogP contribution in [0.3, 0.4) is 0 Å². The second-order valence-corrected chi connectivity index (χ2v) is 15.3. The molecule has 9 aromatic carbocycles. The summed E-state index contributed by atoms with van der Waals surface area (Å²) in [6.07, 6.45) is 0. The topological polar surface area (TPSA) is 48.5 Å². The van der Waals surface area contributed by atoms with Gasteiger partial charge in [-0.05, 0) is 69.4 Å². The van der Waals surface area contributed by atoms with Crippen LogP contribution in [-0.2, 0) is 0 Å². The van der Waals surface area contributed by atoms with E-state index in [1.54, 1.807) is 0 Å². The molecule has 0 amide bonds. The van der Waals surface area contributed by atoms with Gasteiger partial charge in [0, 0.05) is 38.4 Å². The van der Waals surface area contributed by atoms with Crippen molar-refractivity contribution in [1.82, 2.24) is 24.1 Å². The predicted octanol–water partition coefficient (Wildman–Crippen LogP) is 13.9. The number of hydrogen-bond donors (Lipinski definition) is 0.